The molecule has 0 saturated carbocycles. The highest BCUT2D eigenvalue weighted by Crippen LogP contribution is 2.21. The lowest BCUT2D eigenvalue weighted by Crippen LogP contribution is -2.13. The van der Waals surface area contributed by atoms with E-state index in [4.69, 9.17) is 16.7 Å². The summed E-state index contributed by atoms with van der Waals surface area (Å²) in [7, 11) is 0. The van der Waals surface area contributed by atoms with Crippen LogP contribution in [0.4, 0.5) is 5.69 Å². The molecular weight excluding hydrogens is 280 g/mol. The fourth-order valence-corrected chi connectivity index (χ4v) is 1.61. The normalized spacial score (nSPS) is 9.70. The van der Waals surface area contributed by atoms with Crippen LogP contribution in [0, 0.1) is 11.8 Å². The third-order valence-corrected chi connectivity index (χ3v) is 2.57. The number of anilines is 1. The number of aromatic nitrogens is 3. The Labute approximate surface area is 120 Å². The van der Waals surface area contributed by atoms with Crippen LogP contribution in [0.2, 0.25) is 5.02 Å². The van der Waals surface area contributed by atoms with Crippen molar-refractivity contribution in [3.8, 4) is 11.8 Å². The lowest BCUT2D eigenvalue weighted by atomic mass is 10.1. The molecular formula is C13H11ClN4O2. The highest BCUT2D eigenvalue weighted by molar-refractivity contribution is 6.31. The van der Waals surface area contributed by atoms with Crippen molar-refractivity contribution >= 4 is 23.2 Å². The maximum Gasteiger partial charge on any atom is 0.277 e. The molecule has 1 aromatic heterocycles. The van der Waals surface area contributed by atoms with E-state index < -0.39 is 5.91 Å². The molecule has 0 aliphatic rings. The van der Waals surface area contributed by atoms with Crippen LogP contribution < -0.4 is 5.32 Å². The van der Waals surface area contributed by atoms with Gasteiger partial charge >= 0.3 is 0 Å². The van der Waals surface area contributed by atoms with Crippen molar-refractivity contribution < 1.29 is 9.90 Å². The molecule has 0 aliphatic heterocycles. The molecule has 0 aliphatic carbocycles. The molecule has 0 bridgehead atoms. The molecule has 3 N–H and O–H groups in total. The van der Waals surface area contributed by atoms with Crippen molar-refractivity contribution in [2.45, 2.75) is 6.42 Å². The summed E-state index contributed by atoms with van der Waals surface area (Å²) >= 11 is 5.91. The van der Waals surface area contributed by atoms with Gasteiger partial charge in [0.1, 0.15) is 0 Å². The number of carbonyl (C=O) groups excluding carboxylic acids is 1. The molecule has 1 amide bonds. The molecule has 7 heteroatoms. The average Bonchev–Trinajstić information content (AvgIpc) is 2.95. The van der Waals surface area contributed by atoms with Crippen LogP contribution in [0.1, 0.15) is 22.5 Å². The van der Waals surface area contributed by atoms with Gasteiger partial charge in [0.15, 0.2) is 5.69 Å². The van der Waals surface area contributed by atoms with E-state index in [1.165, 1.54) is 6.20 Å². The molecule has 0 spiro atoms. The second kappa shape index (κ2) is 6.70. The first-order valence-corrected chi connectivity index (χ1v) is 6.15. The molecule has 6 nitrogen and oxygen atoms in total. The Morgan fingerprint density at radius 3 is 3.05 bits per heavy atom. The second-order valence-electron chi connectivity index (χ2n) is 3.77. The lowest BCUT2D eigenvalue weighted by Gasteiger charge is -2.06. The zero-order valence-electron chi connectivity index (χ0n) is 10.4. The minimum Gasteiger partial charge on any atom is -0.395 e. The van der Waals surface area contributed by atoms with Gasteiger partial charge in [-0.1, -0.05) is 23.4 Å². The number of aliphatic hydroxyl groups excluding tert-OH is 1. The fraction of sp³-hybridized carbons (Fsp3) is 0.154. The summed E-state index contributed by atoms with van der Waals surface area (Å²) in [5.41, 5.74) is 1.26. The standard InChI is InChI=1S/C13H11ClN4O2/c14-10-5-4-9(3-1-2-6-19)11(7-10)16-13(20)12-8-15-18-17-12/h4-5,7-8,19H,2,6H2,(H,16,20)(H,15,17,18). The zero-order valence-corrected chi connectivity index (χ0v) is 11.1. The third kappa shape index (κ3) is 3.57. The molecule has 0 atom stereocenters. The minimum absolute atomic E-state index is 0.0127. The maximum atomic E-state index is 11.9. The number of H-pyrrole nitrogens is 1. The Hall–Kier alpha value is -2.36. The Morgan fingerprint density at radius 2 is 2.35 bits per heavy atom. The smallest absolute Gasteiger partial charge is 0.277 e. The summed E-state index contributed by atoms with van der Waals surface area (Å²) < 4.78 is 0. The summed E-state index contributed by atoms with van der Waals surface area (Å²) in [6.45, 7) is -0.0127. The molecule has 1 heterocycles. The molecule has 2 rings (SSSR count). The van der Waals surface area contributed by atoms with Gasteiger partial charge in [0.05, 0.1) is 18.5 Å². The van der Waals surface area contributed by atoms with E-state index in [2.05, 4.69) is 32.6 Å². The summed E-state index contributed by atoms with van der Waals surface area (Å²) in [6.07, 6.45) is 1.68. The monoisotopic (exact) mass is 290 g/mol. The first-order valence-electron chi connectivity index (χ1n) is 5.77. The Balaban J connectivity index is 2.24. The number of rotatable bonds is 3. The topological polar surface area (TPSA) is 90.9 Å². The lowest BCUT2D eigenvalue weighted by molar-refractivity contribution is 0.102. The maximum absolute atomic E-state index is 11.9. The number of benzene rings is 1. The highest BCUT2D eigenvalue weighted by Gasteiger charge is 2.11. The van der Waals surface area contributed by atoms with Crippen LogP contribution in [0.25, 0.3) is 0 Å². The number of nitrogens with zero attached hydrogens (tertiary/aromatic N) is 2. The molecule has 0 radical (unpaired) electrons. The largest absolute Gasteiger partial charge is 0.395 e. The molecule has 0 unspecified atom stereocenters. The van der Waals surface area contributed by atoms with Gasteiger partial charge in [-0.25, -0.2) is 0 Å². The van der Waals surface area contributed by atoms with Gasteiger partial charge in [-0.15, -0.1) is 0 Å². The van der Waals surface area contributed by atoms with Crippen molar-refractivity contribution in [3.05, 3.63) is 40.7 Å². The van der Waals surface area contributed by atoms with E-state index in [1.54, 1.807) is 18.2 Å². The van der Waals surface area contributed by atoms with Crippen LogP contribution >= 0.6 is 11.6 Å². The number of hydrogen-bond acceptors (Lipinski definition) is 4. The van der Waals surface area contributed by atoms with Gasteiger partial charge in [-0.05, 0) is 18.2 Å². The van der Waals surface area contributed by atoms with Crippen molar-refractivity contribution in [1.29, 1.82) is 0 Å². The predicted molar refractivity (Wildman–Crippen MR) is 74.4 cm³/mol. The summed E-state index contributed by atoms with van der Waals surface area (Å²) in [5, 5.41) is 21.5. The molecule has 1 aromatic carbocycles. The number of halogens is 1. The average molecular weight is 291 g/mol. The van der Waals surface area contributed by atoms with Crippen molar-refractivity contribution in [2.24, 2.45) is 0 Å². The molecule has 20 heavy (non-hydrogen) atoms. The van der Waals surface area contributed by atoms with Crippen molar-refractivity contribution in [1.82, 2.24) is 15.4 Å². The van der Waals surface area contributed by atoms with E-state index in [0.29, 0.717) is 22.7 Å². The summed E-state index contributed by atoms with van der Waals surface area (Å²) in [4.78, 5) is 11.9. The van der Waals surface area contributed by atoms with Crippen LogP contribution in [0.15, 0.2) is 24.4 Å². The Bertz CT molecular complexity index is 659. The van der Waals surface area contributed by atoms with E-state index >= 15 is 0 Å². The van der Waals surface area contributed by atoms with E-state index in [1.807, 2.05) is 0 Å². The van der Waals surface area contributed by atoms with Crippen molar-refractivity contribution in [3.63, 3.8) is 0 Å². The first-order chi connectivity index (χ1) is 9.70. The number of aromatic amines is 1. The van der Waals surface area contributed by atoms with Gasteiger partial charge in [0, 0.05) is 17.0 Å². The number of amides is 1. The second-order valence-corrected chi connectivity index (χ2v) is 4.21. The van der Waals surface area contributed by atoms with Crippen LogP contribution in [0.3, 0.4) is 0 Å². The predicted octanol–water partition coefficient (Wildman–Crippen LogP) is 1.44. The summed E-state index contributed by atoms with van der Waals surface area (Å²) in [6, 6.07) is 4.98. The highest BCUT2D eigenvalue weighted by atomic mass is 35.5. The van der Waals surface area contributed by atoms with Gasteiger partial charge in [0.2, 0.25) is 0 Å². The summed E-state index contributed by atoms with van der Waals surface area (Å²) in [5.74, 6) is 5.24. The molecule has 2 aromatic rings. The van der Waals surface area contributed by atoms with Crippen LogP contribution in [-0.4, -0.2) is 33.0 Å². The van der Waals surface area contributed by atoms with E-state index in [-0.39, 0.29) is 12.3 Å². The number of nitrogens with one attached hydrogen (secondary N) is 2. The first kappa shape index (κ1) is 14.1. The van der Waals surface area contributed by atoms with Crippen molar-refractivity contribution in [2.75, 3.05) is 11.9 Å². The Kier molecular flexibility index (Phi) is 4.71. The fourth-order valence-electron chi connectivity index (χ4n) is 1.44. The van der Waals surface area contributed by atoms with Crippen LogP contribution in [0.5, 0.6) is 0 Å². The molecule has 102 valence electrons. The minimum atomic E-state index is -0.411. The van der Waals surface area contributed by atoms with Crippen LogP contribution in [-0.2, 0) is 0 Å². The van der Waals surface area contributed by atoms with E-state index in [9.17, 15) is 4.79 Å². The zero-order chi connectivity index (χ0) is 14.4. The van der Waals surface area contributed by atoms with E-state index in [0.717, 1.165) is 0 Å². The van der Waals surface area contributed by atoms with Gasteiger partial charge < -0.3 is 10.4 Å². The molecule has 0 saturated heterocycles. The quantitative estimate of drug-likeness (QED) is 0.746. The Morgan fingerprint density at radius 1 is 1.50 bits per heavy atom. The van der Waals surface area contributed by atoms with Gasteiger partial charge in [-0.3, -0.25) is 4.79 Å². The number of hydrogen-bond donors (Lipinski definition) is 3. The SMILES string of the molecule is O=C(Nc1cc(Cl)ccc1C#CCCO)c1cn[nH]n1. The van der Waals surface area contributed by atoms with Gasteiger partial charge in [0.25, 0.3) is 5.91 Å². The molecule has 0 fully saturated rings. The number of aliphatic hydroxyl groups is 1. The third-order valence-electron chi connectivity index (χ3n) is 2.34. The number of carbonyl (C=O) groups is 1. The van der Waals surface area contributed by atoms with Gasteiger partial charge in [-0.2, -0.15) is 15.4 Å².